The monoisotopic (exact) mass is 237 g/mol. The third kappa shape index (κ3) is 3.85. The van der Waals surface area contributed by atoms with Crippen LogP contribution in [0.3, 0.4) is 0 Å². The van der Waals surface area contributed by atoms with E-state index in [1.165, 1.54) is 0 Å². The van der Waals surface area contributed by atoms with E-state index < -0.39 is 0 Å². The third-order valence-corrected chi connectivity index (χ3v) is 2.90. The summed E-state index contributed by atoms with van der Waals surface area (Å²) >= 11 is 0. The van der Waals surface area contributed by atoms with E-state index >= 15 is 0 Å². The number of hydrogen-bond acceptors (Lipinski definition) is 5. The van der Waals surface area contributed by atoms with E-state index in [0.717, 1.165) is 18.1 Å². The predicted octanol–water partition coefficient (Wildman–Crippen LogP) is 2.17. The van der Waals surface area contributed by atoms with Gasteiger partial charge in [-0.2, -0.15) is 0 Å². The van der Waals surface area contributed by atoms with Crippen molar-refractivity contribution >= 4 is 11.6 Å². The van der Waals surface area contributed by atoms with Crippen molar-refractivity contribution in [3.8, 4) is 0 Å². The fourth-order valence-corrected chi connectivity index (χ4v) is 1.24. The maximum absolute atomic E-state index is 5.39. The lowest BCUT2D eigenvalue weighted by molar-refractivity contribution is 0.358. The second-order valence-corrected chi connectivity index (χ2v) is 5.28. The molecule has 0 saturated carbocycles. The lowest BCUT2D eigenvalue weighted by Crippen LogP contribution is -2.31. The minimum atomic E-state index is 0.174. The largest absolute Gasteiger partial charge is 0.367 e. The number of nitrogens with zero attached hydrogens (tertiary/aromatic N) is 2. The van der Waals surface area contributed by atoms with Crippen LogP contribution in [0.1, 0.15) is 40.4 Å². The Hall–Kier alpha value is -1.36. The van der Waals surface area contributed by atoms with E-state index in [1.54, 1.807) is 0 Å². The number of nitrogen functional groups attached to an aromatic ring is 1. The molecule has 1 aromatic heterocycles. The number of nitrogens with two attached hydrogens (primary N) is 1. The normalized spacial score (nSPS) is 13.3. The number of aromatic nitrogens is 2. The predicted molar refractivity (Wildman–Crippen MR) is 71.8 cm³/mol. The van der Waals surface area contributed by atoms with Gasteiger partial charge in [0.25, 0.3) is 0 Å². The Morgan fingerprint density at radius 1 is 1.29 bits per heavy atom. The van der Waals surface area contributed by atoms with Crippen LogP contribution < -0.4 is 16.6 Å². The van der Waals surface area contributed by atoms with Crippen LogP contribution in [-0.4, -0.2) is 16.0 Å². The smallest absolute Gasteiger partial charge is 0.145 e. The summed E-state index contributed by atoms with van der Waals surface area (Å²) in [5.74, 6) is 7.62. The number of hydrazine groups is 1. The first-order valence-electron chi connectivity index (χ1n) is 5.98. The van der Waals surface area contributed by atoms with Crippen molar-refractivity contribution in [3.63, 3.8) is 0 Å². The molecule has 4 N–H and O–H groups in total. The second-order valence-electron chi connectivity index (χ2n) is 5.28. The summed E-state index contributed by atoms with van der Waals surface area (Å²) in [4.78, 5) is 8.69. The van der Waals surface area contributed by atoms with Crippen molar-refractivity contribution in [2.45, 2.75) is 47.1 Å². The highest BCUT2D eigenvalue weighted by molar-refractivity contribution is 5.47. The molecule has 5 nitrogen and oxygen atoms in total. The number of aryl methyl sites for hydroxylation is 1. The Morgan fingerprint density at radius 3 is 2.35 bits per heavy atom. The summed E-state index contributed by atoms with van der Waals surface area (Å²) in [6, 6.07) is 2.13. The molecule has 0 fully saturated rings. The molecule has 17 heavy (non-hydrogen) atoms. The van der Waals surface area contributed by atoms with Crippen LogP contribution in [0.15, 0.2) is 6.07 Å². The van der Waals surface area contributed by atoms with E-state index in [9.17, 15) is 0 Å². The molecule has 1 heterocycles. The van der Waals surface area contributed by atoms with Crippen molar-refractivity contribution < 1.29 is 0 Å². The van der Waals surface area contributed by atoms with Crippen molar-refractivity contribution in [1.29, 1.82) is 0 Å². The van der Waals surface area contributed by atoms with E-state index in [1.807, 2.05) is 13.0 Å². The van der Waals surface area contributed by atoms with Gasteiger partial charge in [0.15, 0.2) is 0 Å². The van der Waals surface area contributed by atoms with Crippen molar-refractivity contribution in [3.05, 3.63) is 11.9 Å². The average molecular weight is 237 g/mol. The first-order chi connectivity index (χ1) is 7.86. The molecule has 1 atom stereocenters. The molecular formula is C12H23N5. The van der Waals surface area contributed by atoms with Gasteiger partial charge in [-0.25, -0.2) is 15.8 Å². The maximum Gasteiger partial charge on any atom is 0.145 e. The lowest BCUT2D eigenvalue weighted by atomic mass is 9.88. The molecule has 1 rings (SSSR count). The van der Waals surface area contributed by atoms with Gasteiger partial charge in [0.2, 0.25) is 0 Å². The van der Waals surface area contributed by atoms with Gasteiger partial charge in [-0.1, -0.05) is 27.7 Å². The van der Waals surface area contributed by atoms with E-state index in [0.29, 0.717) is 11.9 Å². The molecule has 96 valence electrons. The molecular weight excluding hydrogens is 214 g/mol. The van der Waals surface area contributed by atoms with Crippen LogP contribution in [0.2, 0.25) is 0 Å². The summed E-state index contributed by atoms with van der Waals surface area (Å²) in [5.41, 5.74) is 2.74. The zero-order valence-electron chi connectivity index (χ0n) is 11.3. The first-order valence-corrected chi connectivity index (χ1v) is 5.98. The molecule has 1 aromatic rings. The maximum atomic E-state index is 5.39. The highest BCUT2D eigenvalue weighted by Gasteiger charge is 2.20. The molecule has 0 aliphatic heterocycles. The number of rotatable bonds is 4. The van der Waals surface area contributed by atoms with E-state index in [2.05, 4.69) is 48.4 Å². The van der Waals surface area contributed by atoms with Crippen LogP contribution in [-0.2, 0) is 6.42 Å². The summed E-state index contributed by atoms with van der Waals surface area (Å²) in [7, 11) is 0. The second kappa shape index (κ2) is 5.31. The lowest BCUT2D eigenvalue weighted by Gasteiger charge is -2.28. The van der Waals surface area contributed by atoms with Gasteiger partial charge in [-0.05, 0) is 12.3 Å². The Kier molecular flexibility index (Phi) is 4.28. The summed E-state index contributed by atoms with van der Waals surface area (Å²) < 4.78 is 0. The van der Waals surface area contributed by atoms with Crippen molar-refractivity contribution in [1.82, 2.24) is 9.97 Å². The van der Waals surface area contributed by atoms with Crippen molar-refractivity contribution in [2.75, 3.05) is 10.7 Å². The number of nitrogens with one attached hydrogen (secondary N) is 2. The zero-order chi connectivity index (χ0) is 13.1. The fraction of sp³-hybridized carbons (Fsp3) is 0.667. The minimum absolute atomic E-state index is 0.174. The molecule has 0 saturated heterocycles. The average Bonchev–Trinajstić information content (AvgIpc) is 2.27. The minimum Gasteiger partial charge on any atom is -0.367 e. The van der Waals surface area contributed by atoms with Crippen molar-refractivity contribution in [2.24, 2.45) is 11.3 Å². The first kappa shape index (κ1) is 13.7. The molecule has 0 spiro atoms. The highest BCUT2D eigenvalue weighted by atomic mass is 15.3. The molecule has 0 radical (unpaired) electrons. The van der Waals surface area contributed by atoms with Crippen LogP contribution in [0.25, 0.3) is 0 Å². The molecule has 5 heteroatoms. The molecule has 0 amide bonds. The molecule has 0 aliphatic rings. The van der Waals surface area contributed by atoms with Gasteiger partial charge in [-0.15, -0.1) is 0 Å². The van der Waals surface area contributed by atoms with Gasteiger partial charge in [0.1, 0.15) is 17.5 Å². The number of anilines is 2. The SMILES string of the molecule is CCc1nc(NN)cc(NC(C)C(C)(C)C)n1. The summed E-state index contributed by atoms with van der Waals surface area (Å²) in [6.45, 7) is 10.7. The van der Waals surface area contributed by atoms with Gasteiger partial charge in [0, 0.05) is 18.5 Å². The molecule has 0 aromatic carbocycles. The fourth-order valence-electron chi connectivity index (χ4n) is 1.24. The molecule has 1 unspecified atom stereocenters. The van der Waals surface area contributed by atoms with E-state index in [4.69, 9.17) is 5.84 Å². The highest BCUT2D eigenvalue weighted by Crippen LogP contribution is 2.22. The van der Waals surface area contributed by atoms with Crippen LogP contribution in [0, 0.1) is 5.41 Å². The van der Waals surface area contributed by atoms with Crippen LogP contribution >= 0.6 is 0 Å². The van der Waals surface area contributed by atoms with Crippen LogP contribution in [0.5, 0.6) is 0 Å². The molecule has 0 aliphatic carbocycles. The topological polar surface area (TPSA) is 75.9 Å². The van der Waals surface area contributed by atoms with Gasteiger partial charge in [0.05, 0.1) is 0 Å². The standard InChI is InChI=1S/C12H23N5/c1-6-9-15-10(7-11(16-9)17-13)14-8(2)12(3,4)5/h7-8H,6,13H2,1-5H3,(H2,14,15,16,17). The third-order valence-electron chi connectivity index (χ3n) is 2.90. The zero-order valence-corrected chi connectivity index (χ0v) is 11.3. The van der Waals surface area contributed by atoms with E-state index in [-0.39, 0.29) is 5.41 Å². The van der Waals surface area contributed by atoms with Gasteiger partial charge < -0.3 is 10.7 Å². The van der Waals surface area contributed by atoms with Gasteiger partial charge >= 0.3 is 0 Å². The quantitative estimate of drug-likeness (QED) is 0.552. The van der Waals surface area contributed by atoms with Gasteiger partial charge in [-0.3, -0.25) is 0 Å². The Bertz CT molecular complexity index is 347. The Labute approximate surface area is 103 Å². The van der Waals surface area contributed by atoms with Crippen LogP contribution in [0.4, 0.5) is 11.6 Å². The number of hydrogen-bond donors (Lipinski definition) is 3. The molecule has 0 bridgehead atoms. The summed E-state index contributed by atoms with van der Waals surface area (Å²) in [6.07, 6.45) is 0.786. The Morgan fingerprint density at radius 2 is 1.88 bits per heavy atom. The Balaban J connectivity index is 2.90. The summed E-state index contributed by atoms with van der Waals surface area (Å²) in [5, 5.41) is 3.38.